The lowest BCUT2D eigenvalue weighted by molar-refractivity contribution is 0.579. The summed E-state index contributed by atoms with van der Waals surface area (Å²) in [5.74, 6) is 0.816. The lowest BCUT2D eigenvalue weighted by Gasteiger charge is -2.27. The summed E-state index contributed by atoms with van der Waals surface area (Å²) in [5, 5.41) is 1.07. The zero-order chi connectivity index (χ0) is 34.9. The summed E-state index contributed by atoms with van der Waals surface area (Å²) in [6.07, 6.45) is 5.34. The fraction of sp³-hybridized carbons (Fsp3) is 0.0204. The van der Waals surface area contributed by atoms with Crippen LogP contribution in [0.3, 0.4) is 0 Å². The molecule has 7 aromatic carbocycles. The Morgan fingerprint density at radius 3 is 1.49 bits per heavy atom. The number of benzene rings is 7. The summed E-state index contributed by atoms with van der Waals surface area (Å²) in [6.45, 7) is 0. The topological polar surface area (TPSA) is 36.1 Å². The monoisotopic (exact) mass is 680 g/mol. The van der Waals surface area contributed by atoms with Crippen molar-refractivity contribution in [2.45, 2.75) is 6.42 Å². The number of hydrogen-bond acceptors (Lipinski definition) is 2. The average Bonchev–Trinajstić information content (AvgIpc) is 3.42. The van der Waals surface area contributed by atoms with Gasteiger partial charge >= 0.3 is 0 Å². The smallest absolute Gasteiger partial charge is 0.154 e. The highest BCUT2D eigenvalue weighted by Gasteiger charge is 2.28. The Hall–Kier alpha value is -7.04. The maximum atomic E-state index is 7.06. The van der Waals surface area contributed by atoms with Crippen LogP contribution in [0.25, 0.3) is 95.8 Å². The van der Waals surface area contributed by atoms with Gasteiger partial charge in [0.15, 0.2) is 22.5 Å². The Morgan fingerprint density at radius 2 is 0.887 bits per heavy atom. The molecule has 4 heteroatoms. The fourth-order valence-corrected chi connectivity index (χ4v) is 8.09. The van der Waals surface area contributed by atoms with E-state index in [0.717, 1.165) is 95.6 Å². The van der Waals surface area contributed by atoms with Gasteiger partial charge in [-0.05, 0) is 93.4 Å². The molecular formula is C49H32N2O2. The lowest BCUT2D eigenvalue weighted by Crippen LogP contribution is -2.30. The number of rotatable bonds is 4. The summed E-state index contributed by atoms with van der Waals surface area (Å²) in [4.78, 5) is 0. The van der Waals surface area contributed by atoms with Crippen molar-refractivity contribution in [1.29, 1.82) is 0 Å². The number of fused-ring (bicyclic) bond motifs is 6. The number of aromatic nitrogens is 2. The normalized spacial score (nSPS) is 12.7. The van der Waals surface area contributed by atoms with Crippen LogP contribution in [0.1, 0.15) is 17.7 Å². The van der Waals surface area contributed by atoms with Crippen LogP contribution in [0, 0.1) is 0 Å². The highest BCUT2D eigenvalue weighted by Crippen LogP contribution is 2.41. The molecule has 4 aliphatic rings. The molecule has 0 unspecified atom stereocenters. The summed E-state index contributed by atoms with van der Waals surface area (Å²) < 4.78 is 18.9. The SMILES string of the molecule is C1=C(c2ccccc2)CC=c2c3c1oc1cc(-c4ccccc4)ccc1n-3c1cc(-c3ccccc3)cc3oc4cc(-c5ccccc5)ccc4n2-c31. The minimum absolute atomic E-state index is 0.733. The first-order valence-corrected chi connectivity index (χ1v) is 18.1. The van der Waals surface area contributed by atoms with Crippen LogP contribution in [0.5, 0.6) is 0 Å². The van der Waals surface area contributed by atoms with E-state index >= 15 is 0 Å². The minimum Gasteiger partial charge on any atom is -0.453 e. The van der Waals surface area contributed by atoms with Crippen LogP contribution in [0.2, 0.25) is 0 Å². The highest BCUT2D eigenvalue weighted by molar-refractivity contribution is 5.99. The van der Waals surface area contributed by atoms with Crippen molar-refractivity contribution in [3.05, 3.63) is 187 Å². The zero-order valence-corrected chi connectivity index (χ0v) is 28.7. The van der Waals surface area contributed by atoms with E-state index in [9.17, 15) is 0 Å². The van der Waals surface area contributed by atoms with Gasteiger partial charge in [0, 0.05) is 0 Å². The summed E-state index contributed by atoms with van der Waals surface area (Å²) >= 11 is 0. The Bertz CT molecular complexity index is 3050. The molecule has 7 aromatic rings. The van der Waals surface area contributed by atoms with Gasteiger partial charge in [0.2, 0.25) is 0 Å². The van der Waals surface area contributed by atoms with Crippen LogP contribution < -0.4 is 5.35 Å². The molecule has 4 nitrogen and oxygen atoms in total. The van der Waals surface area contributed by atoms with Gasteiger partial charge in [-0.15, -0.1) is 0 Å². The molecular weight excluding hydrogens is 649 g/mol. The molecule has 0 amide bonds. The van der Waals surface area contributed by atoms with Gasteiger partial charge < -0.3 is 8.83 Å². The highest BCUT2D eigenvalue weighted by atomic mass is 16.3. The standard InChI is InChI=1S/C49H32N2O2/c1-5-13-32(14-6-1)36-21-24-40-44(28-36)53-47-31-39(35-19-11-4-12-20-35)27-43-49(47)50(40)42-26-23-38(34-17-9-3-10-18-34)30-46-48(42)51(43)41-25-22-37(29-45(41)52-46)33-15-7-2-8-16-33/h1-22,24-31H,23H2. The largest absolute Gasteiger partial charge is 0.453 e. The maximum absolute atomic E-state index is 7.06. The molecule has 3 aliphatic heterocycles. The van der Waals surface area contributed by atoms with Crippen molar-refractivity contribution in [1.82, 2.24) is 9.13 Å². The summed E-state index contributed by atoms with van der Waals surface area (Å²) in [5.41, 5.74) is 16.6. The van der Waals surface area contributed by atoms with E-state index < -0.39 is 0 Å². The van der Waals surface area contributed by atoms with Gasteiger partial charge in [-0.25, -0.2) is 0 Å². The molecule has 0 fully saturated rings. The Balaban J connectivity index is 1.32. The first kappa shape index (κ1) is 29.7. The third-order valence-electron chi connectivity index (χ3n) is 10.6. The van der Waals surface area contributed by atoms with E-state index in [1.165, 1.54) is 11.1 Å². The molecule has 3 heterocycles. The molecule has 0 N–H and O–H groups in total. The molecule has 0 aromatic heterocycles. The molecule has 1 aliphatic carbocycles. The van der Waals surface area contributed by atoms with Crippen molar-refractivity contribution in [2.75, 3.05) is 0 Å². The molecule has 0 bridgehead atoms. The molecule has 0 saturated carbocycles. The van der Waals surface area contributed by atoms with Gasteiger partial charge in [0.1, 0.15) is 11.4 Å². The van der Waals surface area contributed by atoms with Crippen LogP contribution >= 0.6 is 0 Å². The van der Waals surface area contributed by atoms with Gasteiger partial charge in [-0.1, -0.05) is 140 Å². The third kappa shape index (κ3) is 4.77. The van der Waals surface area contributed by atoms with Crippen LogP contribution in [0.15, 0.2) is 179 Å². The molecule has 0 radical (unpaired) electrons. The first-order chi connectivity index (χ1) is 26.3. The zero-order valence-electron chi connectivity index (χ0n) is 28.7. The molecule has 0 atom stereocenters. The Kier molecular flexibility index (Phi) is 6.58. The van der Waals surface area contributed by atoms with Crippen LogP contribution in [0.4, 0.5) is 0 Å². The van der Waals surface area contributed by atoms with Crippen molar-refractivity contribution >= 4 is 51.0 Å². The predicted molar refractivity (Wildman–Crippen MR) is 217 cm³/mol. The van der Waals surface area contributed by atoms with Crippen molar-refractivity contribution in [3.63, 3.8) is 0 Å². The van der Waals surface area contributed by atoms with Crippen LogP contribution in [-0.2, 0) is 0 Å². The second-order valence-electron chi connectivity index (χ2n) is 13.7. The Labute approximate surface area is 305 Å². The van der Waals surface area contributed by atoms with Crippen molar-refractivity contribution in [3.8, 4) is 44.8 Å². The lowest BCUT2D eigenvalue weighted by atomic mass is 10.0. The summed E-state index contributed by atoms with van der Waals surface area (Å²) in [7, 11) is 0. The Morgan fingerprint density at radius 1 is 0.377 bits per heavy atom. The number of allylic oxidation sites excluding steroid dienone is 1. The predicted octanol–water partition coefficient (Wildman–Crippen LogP) is 12.4. The van der Waals surface area contributed by atoms with E-state index in [4.69, 9.17) is 8.83 Å². The van der Waals surface area contributed by atoms with E-state index in [0.29, 0.717) is 0 Å². The summed E-state index contributed by atoms with van der Waals surface area (Å²) in [6, 6.07) is 59.8. The minimum atomic E-state index is 0.733. The van der Waals surface area contributed by atoms with E-state index in [2.05, 4.69) is 191 Å². The first-order valence-electron chi connectivity index (χ1n) is 18.1. The molecule has 0 spiro atoms. The van der Waals surface area contributed by atoms with Gasteiger partial charge in [0.25, 0.3) is 0 Å². The van der Waals surface area contributed by atoms with Gasteiger partial charge in [-0.3, -0.25) is 9.13 Å². The van der Waals surface area contributed by atoms with E-state index in [1.54, 1.807) is 0 Å². The van der Waals surface area contributed by atoms with Crippen molar-refractivity contribution in [2.24, 2.45) is 0 Å². The second kappa shape index (κ2) is 11.8. The van der Waals surface area contributed by atoms with E-state index in [-0.39, 0.29) is 0 Å². The average molecular weight is 681 g/mol. The fourth-order valence-electron chi connectivity index (χ4n) is 8.09. The third-order valence-corrected chi connectivity index (χ3v) is 10.6. The molecule has 0 saturated heterocycles. The maximum Gasteiger partial charge on any atom is 0.154 e. The quantitative estimate of drug-likeness (QED) is 0.137. The molecule has 250 valence electrons. The number of nitrogens with zero attached hydrogens (tertiary/aromatic N) is 2. The number of hydrogen-bond donors (Lipinski definition) is 0. The van der Waals surface area contributed by atoms with Crippen molar-refractivity contribution < 1.29 is 8.83 Å². The van der Waals surface area contributed by atoms with Crippen LogP contribution in [-0.4, -0.2) is 9.13 Å². The second-order valence-corrected chi connectivity index (χ2v) is 13.7. The van der Waals surface area contributed by atoms with Gasteiger partial charge in [0.05, 0.1) is 21.9 Å². The molecule has 53 heavy (non-hydrogen) atoms. The molecule has 11 rings (SSSR count). The van der Waals surface area contributed by atoms with Gasteiger partial charge in [-0.2, -0.15) is 0 Å². The van der Waals surface area contributed by atoms with E-state index in [1.807, 2.05) is 0 Å².